The van der Waals surface area contributed by atoms with Crippen molar-refractivity contribution in [2.75, 3.05) is 13.1 Å². The standard InChI is InChI=1S/C18H26N2O4.Na/c1-3-12-20(13-4-2)18(24)15(10-11-16(21)22)19-17(23)14-8-6-5-7-9-14;/h5-9,15H,3-4,10-13H2,1-2H3,(H,19,23)(H,21,22);/q;+1/p-1. The van der Waals surface area contributed by atoms with Crippen LogP contribution in [0, 0.1) is 0 Å². The Kier molecular flexibility index (Phi) is 12.2. The molecule has 7 heteroatoms. The molecule has 0 aliphatic rings. The maximum atomic E-state index is 12.7. The van der Waals surface area contributed by atoms with Gasteiger partial charge >= 0.3 is 29.6 Å². The largest absolute Gasteiger partial charge is 1.00 e. The summed E-state index contributed by atoms with van der Waals surface area (Å²) in [4.78, 5) is 37.4. The van der Waals surface area contributed by atoms with E-state index in [-0.39, 0.29) is 54.2 Å². The van der Waals surface area contributed by atoms with Crippen LogP contribution >= 0.6 is 0 Å². The Bertz CT molecular complexity index is 545. The first kappa shape index (κ1) is 23.6. The smallest absolute Gasteiger partial charge is 0.550 e. The molecule has 1 rings (SSSR count). The second-order valence-electron chi connectivity index (χ2n) is 5.63. The number of hydrogen-bond donors (Lipinski definition) is 1. The summed E-state index contributed by atoms with van der Waals surface area (Å²) in [7, 11) is 0. The number of benzene rings is 1. The minimum atomic E-state index is -1.24. The van der Waals surface area contributed by atoms with Crippen molar-refractivity contribution in [1.29, 1.82) is 0 Å². The van der Waals surface area contributed by atoms with Crippen LogP contribution < -0.4 is 40.0 Å². The van der Waals surface area contributed by atoms with E-state index in [2.05, 4.69) is 5.32 Å². The Hall–Kier alpha value is -1.37. The van der Waals surface area contributed by atoms with Gasteiger partial charge < -0.3 is 20.1 Å². The molecule has 6 nitrogen and oxygen atoms in total. The van der Waals surface area contributed by atoms with Crippen molar-refractivity contribution in [2.45, 2.75) is 45.6 Å². The molecule has 1 unspecified atom stereocenters. The Morgan fingerprint density at radius 2 is 1.64 bits per heavy atom. The number of aliphatic carboxylic acids is 1. The van der Waals surface area contributed by atoms with Crippen LogP contribution in [-0.4, -0.2) is 41.8 Å². The summed E-state index contributed by atoms with van der Waals surface area (Å²) < 4.78 is 0. The molecule has 0 radical (unpaired) electrons. The first-order valence-electron chi connectivity index (χ1n) is 8.34. The average Bonchev–Trinajstić information content (AvgIpc) is 2.58. The number of nitrogens with zero attached hydrogens (tertiary/aromatic N) is 1. The Balaban J connectivity index is 0.00000576. The third-order valence-electron chi connectivity index (χ3n) is 3.58. The molecular weight excluding hydrogens is 331 g/mol. The van der Waals surface area contributed by atoms with E-state index in [9.17, 15) is 19.5 Å². The molecule has 1 aromatic carbocycles. The van der Waals surface area contributed by atoms with Gasteiger partial charge in [0.05, 0.1) is 0 Å². The van der Waals surface area contributed by atoms with E-state index in [0.717, 1.165) is 12.8 Å². The number of nitrogens with one attached hydrogen (secondary N) is 1. The molecular formula is C18H25N2NaO4. The third-order valence-corrected chi connectivity index (χ3v) is 3.58. The SMILES string of the molecule is CCCN(CCC)C(=O)C(CCC(=O)[O-])NC(=O)c1ccccc1.[Na+]. The summed E-state index contributed by atoms with van der Waals surface area (Å²) in [5, 5.41) is 13.4. The molecule has 0 aliphatic heterocycles. The van der Waals surface area contributed by atoms with E-state index in [0.29, 0.717) is 18.7 Å². The van der Waals surface area contributed by atoms with Gasteiger partial charge in [0.1, 0.15) is 6.04 Å². The van der Waals surface area contributed by atoms with E-state index < -0.39 is 12.0 Å². The minimum Gasteiger partial charge on any atom is -0.550 e. The summed E-state index contributed by atoms with van der Waals surface area (Å²) in [6.07, 6.45) is 1.33. The zero-order valence-electron chi connectivity index (χ0n) is 15.3. The zero-order valence-corrected chi connectivity index (χ0v) is 17.3. The predicted octanol–water partition coefficient (Wildman–Crippen LogP) is -2.03. The zero-order chi connectivity index (χ0) is 17.9. The molecule has 1 aromatic rings. The van der Waals surface area contributed by atoms with Gasteiger partial charge in [-0.25, -0.2) is 0 Å². The number of carboxylic acids is 1. The van der Waals surface area contributed by atoms with E-state index in [1.165, 1.54) is 0 Å². The van der Waals surface area contributed by atoms with Gasteiger partial charge in [-0.2, -0.15) is 0 Å². The van der Waals surface area contributed by atoms with Crippen LogP contribution in [0.4, 0.5) is 0 Å². The van der Waals surface area contributed by atoms with Gasteiger partial charge in [-0.15, -0.1) is 0 Å². The fourth-order valence-electron chi connectivity index (χ4n) is 2.44. The maximum absolute atomic E-state index is 12.7. The Morgan fingerprint density at radius 3 is 2.12 bits per heavy atom. The van der Waals surface area contributed by atoms with Gasteiger partial charge in [0.15, 0.2) is 0 Å². The van der Waals surface area contributed by atoms with Gasteiger partial charge in [-0.3, -0.25) is 9.59 Å². The first-order chi connectivity index (χ1) is 11.5. The van der Waals surface area contributed by atoms with Crippen molar-refractivity contribution in [3.8, 4) is 0 Å². The number of carbonyl (C=O) groups excluding carboxylic acids is 3. The summed E-state index contributed by atoms with van der Waals surface area (Å²) in [6, 6.07) is 7.67. The maximum Gasteiger partial charge on any atom is 1.00 e. The molecule has 0 aliphatic carbocycles. The number of carboxylic acid groups (broad SMARTS) is 1. The second-order valence-corrected chi connectivity index (χ2v) is 5.63. The van der Waals surface area contributed by atoms with Crippen LogP contribution in [0.1, 0.15) is 49.9 Å². The van der Waals surface area contributed by atoms with Crippen LogP contribution in [0.5, 0.6) is 0 Å². The quantitative estimate of drug-likeness (QED) is 0.490. The third kappa shape index (κ3) is 8.52. The second kappa shape index (κ2) is 12.9. The molecule has 1 atom stereocenters. The summed E-state index contributed by atoms with van der Waals surface area (Å²) in [6.45, 7) is 5.09. The Labute approximate surface area is 171 Å². The van der Waals surface area contributed by atoms with Crippen LogP contribution in [0.2, 0.25) is 0 Å². The summed E-state index contributed by atoms with van der Waals surface area (Å²) in [5.74, 6) is -1.87. The number of rotatable bonds is 10. The summed E-state index contributed by atoms with van der Waals surface area (Å²) in [5.41, 5.74) is 0.432. The van der Waals surface area contributed by atoms with Crippen molar-refractivity contribution < 1.29 is 49.0 Å². The predicted molar refractivity (Wildman–Crippen MR) is 89.1 cm³/mol. The van der Waals surface area contributed by atoms with Crippen LogP contribution in [0.3, 0.4) is 0 Å². The van der Waals surface area contributed by atoms with E-state index in [1.807, 2.05) is 13.8 Å². The van der Waals surface area contributed by atoms with Crippen molar-refractivity contribution in [3.05, 3.63) is 35.9 Å². The Morgan fingerprint density at radius 1 is 1.08 bits per heavy atom. The fraction of sp³-hybridized carbons (Fsp3) is 0.500. The molecule has 0 spiro atoms. The molecule has 2 amide bonds. The monoisotopic (exact) mass is 356 g/mol. The van der Waals surface area contributed by atoms with Gasteiger partial charge in [0.25, 0.3) is 5.91 Å². The molecule has 0 heterocycles. The van der Waals surface area contributed by atoms with E-state index >= 15 is 0 Å². The number of carbonyl (C=O) groups is 3. The minimum absolute atomic E-state index is 0. The molecule has 0 fully saturated rings. The van der Waals surface area contributed by atoms with Gasteiger partial charge in [-0.1, -0.05) is 32.0 Å². The van der Waals surface area contributed by atoms with Crippen molar-refractivity contribution in [2.24, 2.45) is 0 Å². The van der Waals surface area contributed by atoms with Crippen molar-refractivity contribution in [1.82, 2.24) is 10.2 Å². The van der Waals surface area contributed by atoms with Crippen molar-refractivity contribution in [3.63, 3.8) is 0 Å². The number of hydrogen-bond acceptors (Lipinski definition) is 4. The topological polar surface area (TPSA) is 89.5 Å². The van der Waals surface area contributed by atoms with E-state index in [4.69, 9.17) is 0 Å². The van der Waals surface area contributed by atoms with Crippen LogP contribution in [-0.2, 0) is 9.59 Å². The van der Waals surface area contributed by atoms with Crippen molar-refractivity contribution >= 4 is 17.8 Å². The van der Waals surface area contributed by atoms with Gasteiger partial charge in [0.2, 0.25) is 5.91 Å². The molecule has 25 heavy (non-hydrogen) atoms. The van der Waals surface area contributed by atoms with Gasteiger partial charge in [-0.05, 0) is 37.8 Å². The first-order valence-corrected chi connectivity index (χ1v) is 8.34. The van der Waals surface area contributed by atoms with Crippen LogP contribution in [0.15, 0.2) is 30.3 Å². The van der Waals surface area contributed by atoms with Gasteiger partial charge in [0, 0.05) is 24.6 Å². The fourth-order valence-corrected chi connectivity index (χ4v) is 2.44. The molecule has 0 bridgehead atoms. The molecule has 0 saturated heterocycles. The molecule has 0 aromatic heterocycles. The molecule has 0 saturated carbocycles. The number of amides is 2. The normalized spacial score (nSPS) is 11.1. The van der Waals surface area contributed by atoms with Crippen LogP contribution in [0.25, 0.3) is 0 Å². The molecule has 132 valence electrons. The molecule has 1 N–H and O–H groups in total. The summed E-state index contributed by atoms with van der Waals surface area (Å²) >= 11 is 0. The average molecular weight is 356 g/mol. The van der Waals surface area contributed by atoms with E-state index in [1.54, 1.807) is 35.2 Å².